The Morgan fingerprint density at radius 2 is 1.86 bits per heavy atom. The number of hydrazone groups is 1. The Labute approximate surface area is 206 Å². The van der Waals surface area contributed by atoms with Gasteiger partial charge in [-0.3, -0.25) is 20.3 Å². The van der Waals surface area contributed by atoms with Gasteiger partial charge in [-0.1, -0.05) is 6.07 Å². The van der Waals surface area contributed by atoms with E-state index in [0.717, 1.165) is 53.6 Å². The number of fused-ring (bicyclic) bond motifs is 1. The number of nitrogens with one attached hydrogen (secondary N) is 1. The third kappa shape index (κ3) is 4.05. The summed E-state index contributed by atoms with van der Waals surface area (Å²) in [5.41, 5.74) is 4.18. The quantitative estimate of drug-likeness (QED) is 0.387. The molecule has 0 atom stereocenters. The number of aromatic nitrogens is 1. The van der Waals surface area contributed by atoms with E-state index in [1.807, 2.05) is 31.4 Å². The predicted molar refractivity (Wildman–Crippen MR) is 137 cm³/mol. The minimum Gasteiger partial charge on any atom is -0.349 e. The van der Waals surface area contributed by atoms with Gasteiger partial charge in [0.15, 0.2) is 11.0 Å². The summed E-state index contributed by atoms with van der Waals surface area (Å²) in [6.07, 6.45) is 5.07. The summed E-state index contributed by atoms with van der Waals surface area (Å²) >= 11 is 1.33. The number of aliphatic imine (C=N–C) groups is 1. The largest absolute Gasteiger partial charge is 0.349 e. The molecule has 0 saturated carbocycles. The minimum atomic E-state index is -0.472. The van der Waals surface area contributed by atoms with E-state index >= 15 is 0 Å². The Kier molecular flexibility index (Phi) is 5.79. The van der Waals surface area contributed by atoms with Crippen LogP contribution in [0.2, 0.25) is 0 Å². The molecule has 1 amide bonds. The third-order valence-corrected chi connectivity index (χ3v) is 7.45. The highest BCUT2D eigenvalue weighted by Crippen LogP contribution is 2.32. The van der Waals surface area contributed by atoms with Crippen LogP contribution in [0.4, 0.5) is 5.69 Å². The van der Waals surface area contributed by atoms with E-state index in [9.17, 15) is 14.9 Å². The molecule has 3 aliphatic heterocycles. The Hall–Kier alpha value is -3.73. The van der Waals surface area contributed by atoms with Crippen LogP contribution in [0.25, 0.3) is 11.8 Å². The van der Waals surface area contributed by atoms with Crippen LogP contribution in [-0.2, 0) is 4.79 Å². The van der Waals surface area contributed by atoms with E-state index in [1.165, 1.54) is 29.3 Å². The van der Waals surface area contributed by atoms with Crippen molar-refractivity contribution >= 4 is 45.6 Å². The molecule has 1 aromatic heterocycles. The summed E-state index contributed by atoms with van der Waals surface area (Å²) in [5, 5.41) is 27.2. The number of carbonyl (C=O) groups is 1. The zero-order valence-corrected chi connectivity index (χ0v) is 20.6. The number of rotatable bonds is 3. The maximum absolute atomic E-state index is 12.9. The van der Waals surface area contributed by atoms with Gasteiger partial charge in [0.2, 0.25) is 5.17 Å². The van der Waals surface area contributed by atoms with Gasteiger partial charge in [-0.15, -0.1) is 5.10 Å². The van der Waals surface area contributed by atoms with Gasteiger partial charge in [-0.25, -0.2) is 0 Å². The van der Waals surface area contributed by atoms with Gasteiger partial charge in [0.1, 0.15) is 0 Å². The first kappa shape index (κ1) is 23.0. The molecule has 2 aromatic rings. The maximum atomic E-state index is 12.9. The van der Waals surface area contributed by atoms with E-state index in [4.69, 9.17) is 5.41 Å². The standard InChI is InChI=1S/C24H25N7O3S/c1-14-7-8-18(31(33)34)13-20(14)29-15(2)11-17(16(29)3)12-19-21(25)30-23(26-22(19)32)35-24(27-30)28-9-5-4-6-10-28/h7-8,11-13,25H,4-6,9-10H2,1-3H3/b19-12-,25-21?. The normalized spacial score (nSPS) is 19.2. The number of likely N-dealkylation sites (tertiary alicyclic amines) is 1. The van der Waals surface area contributed by atoms with Crippen LogP contribution in [0, 0.1) is 36.3 Å². The Morgan fingerprint density at radius 1 is 1.11 bits per heavy atom. The number of carbonyl (C=O) groups excluding carboxylic acids is 1. The lowest BCUT2D eigenvalue weighted by atomic mass is 10.1. The Balaban J connectivity index is 1.50. The van der Waals surface area contributed by atoms with E-state index in [2.05, 4.69) is 15.0 Å². The molecular formula is C24H25N7O3S. The molecule has 4 heterocycles. The molecule has 1 N–H and O–H groups in total. The molecule has 0 bridgehead atoms. The van der Waals surface area contributed by atoms with Gasteiger partial charge in [-0.2, -0.15) is 10.0 Å². The lowest BCUT2D eigenvalue weighted by molar-refractivity contribution is -0.384. The molecule has 35 heavy (non-hydrogen) atoms. The summed E-state index contributed by atoms with van der Waals surface area (Å²) in [7, 11) is 0. The number of nitro benzene ring substituents is 1. The molecule has 0 spiro atoms. The van der Waals surface area contributed by atoms with Gasteiger partial charge in [0.25, 0.3) is 11.6 Å². The number of nitrogens with zero attached hydrogens (tertiary/aromatic N) is 6. The number of hydrogen-bond acceptors (Lipinski definition) is 7. The summed E-state index contributed by atoms with van der Waals surface area (Å²) in [6.45, 7) is 7.53. The maximum Gasteiger partial charge on any atom is 0.283 e. The van der Waals surface area contributed by atoms with E-state index in [1.54, 1.807) is 18.2 Å². The molecule has 3 aliphatic rings. The first-order valence-corrected chi connectivity index (χ1v) is 12.3. The highest BCUT2D eigenvalue weighted by molar-refractivity contribution is 8.26. The van der Waals surface area contributed by atoms with E-state index in [0.29, 0.717) is 10.9 Å². The molecule has 180 valence electrons. The van der Waals surface area contributed by atoms with Crippen molar-refractivity contribution in [3.63, 3.8) is 0 Å². The molecule has 0 aliphatic carbocycles. The van der Waals surface area contributed by atoms with Crippen molar-refractivity contribution in [1.29, 1.82) is 5.41 Å². The molecule has 0 radical (unpaired) electrons. The topological polar surface area (TPSA) is 120 Å². The first-order chi connectivity index (χ1) is 16.7. The number of amides is 1. The number of nitro groups is 1. The fourth-order valence-electron chi connectivity index (χ4n) is 4.61. The average molecular weight is 492 g/mol. The van der Waals surface area contributed by atoms with Crippen LogP contribution < -0.4 is 0 Å². The summed E-state index contributed by atoms with van der Waals surface area (Å²) in [6, 6.07) is 6.67. The SMILES string of the molecule is Cc1ccc([N+](=O)[O-])cc1-n1c(C)cc(/C=C2/C(=N)N3N=C(N4CCCCC4)SC3=NC2=O)c1C. The highest BCUT2D eigenvalue weighted by Gasteiger charge is 2.37. The first-order valence-electron chi connectivity index (χ1n) is 11.4. The lowest BCUT2D eigenvalue weighted by Gasteiger charge is -2.26. The molecule has 1 saturated heterocycles. The number of benzene rings is 1. The number of non-ortho nitro benzene ring substituents is 1. The van der Waals surface area contributed by atoms with Gasteiger partial charge in [-0.05, 0) is 75.1 Å². The zero-order valence-electron chi connectivity index (χ0n) is 19.7. The monoisotopic (exact) mass is 491 g/mol. The fourth-order valence-corrected chi connectivity index (χ4v) is 5.55. The number of hydrogen-bond donors (Lipinski definition) is 1. The van der Waals surface area contributed by atoms with Crippen molar-refractivity contribution in [3.05, 3.63) is 62.5 Å². The molecule has 0 unspecified atom stereocenters. The fraction of sp³-hybridized carbons (Fsp3) is 0.333. The predicted octanol–water partition coefficient (Wildman–Crippen LogP) is 4.37. The van der Waals surface area contributed by atoms with Crippen molar-refractivity contribution in [2.45, 2.75) is 40.0 Å². The average Bonchev–Trinajstić information content (AvgIpc) is 3.38. The molecule has 11 heteroatoms. The summed E-state index contributed by atoms with van der Waals surface area (Å²) < 4.78 is 1.93. The van der Waals surface area contributed by atoms with Crippen molar-refractivity contribution in [3.8, 4) is 5.69 Å². The van der Waals surface area contributed by atoms with Crippen LogP contribution in [0.1, 0.15) is 41.8 Å². The smallest absolute Gasteiger partial charge is 0.283 e. The van der Waals surface area contributed by atoms with Gasteiger partial charge in [0.05, 0.1) is 16.2 Å². The van der Waals surface area contributed by atoms with Crippen molar-refractivity contribution in [2.75, 3.05) is 13.1 Å². The number of piperidine rings is 1. The number of thioether (sulfide) groups is 1. The highest BCUT2D eigenvalue weighted by atomic mass is 32.2. The molecular weight excluding hydrogens is 466 g/mol. The van der Waals surface area contributed by atoms with Crippen LogP contribution in [0.5, 0.6) is 0 Å². The van der Waals surface area contributed by atoms with E-state index in [-0.39, 0.29) is 17.1 Å². The second-order valence-corrected chi connectivity index (χ2v) is 9.77. The second-order valence-electron chi connectivity index (χ2n) is 8.84. The second kappa shape index (κ2) is 8.81. The van der Waals surface area contributed by atoms with Crippen LogP contribution in [0.15, 0.2) is 39.9 Å². The lowest BCUT2D eigenvalue weighted by Crippen LogP contribution is -2.35. The van der Waals surface area contributed by atoms with Crippen molar-refractivity contribution < 1.29 is 9.72 Å². The molecule has 5 rings (SSSR count). The minimum absolute atomic E-state index is 0.00385. The summed E-state index contributed by atoms with van der Waals surface area (Å²) in [5.74, 6) is -0.476. The zero-order chi connectivity index (χ0) is 24.9. The van der Waals surface area contributed by atoms with E-state index < -0.39 is 10.8 Å². The Morgan fingerprint density at radius 3 is 2.57 bits per heavy atom. The third-order valence-electron chi connectivity index (χ3n) is 6.48. The van der Waals surface area contributed by atoms with Crippen molar-refractivity contribution in [2.24, 2.45) is 10.1 Å². The Bertz CT molecular complexity index is 1370. The molecule has 1 aromatic carbocycles. The number of aryl methyl sites for hydroxylation is 2. The van der Waals surface area contributed by atoms with Crippen LogP contribution in [0.3, 0.4) is 0 Å². The summed E-state index contributed by atoms with van der Waals surface area (Å²) in [4.78, 5) is 30.2. The van der Waals surface area contributed by atoms with Crippen molar-refractivity contribution in [1.82, 2.24) is 14.5 Å². The van der Waals surface area contributed by atoms with Crippen LogP contribution >= 0.6 is 11.8 Å². The molecule has 10 nitrogen and oxygen atoms in total. The molecule has 1 fully saturated rings. The van der Waals surface area contributed by atoms with Gasteiger partial charge >= 0.3 is 0 Å². The van der Waals surface area contributed by atoms with Crippen LogP contribution in [-0.4, -0.2) is 54.6 Å². The number of amidine groups is 3. The van der Waals surface area contributed by atoms with Gasteiger partial charge in [0, 0.05) is 36.6 Å². The van der Waals surface area contributed by atoms with Gasteiger partial charge < -0.3 is 9.47 Å².